The molecule has 1 rings (SSSR count). The van der Waals surface area contributed by atoms with E-state index in [0.717, 1.165) is 0 Å². The number of anilines is 1. The van der Waals surface area contributed by atoms with E-state index in [1.807, 2.05) is 0 Å². The number of hydrogen-bond acceptors (Lipinski definition) is 4. The highest BCUT2D eigenvalue weighted by Crippen LogP contribution is 2.16. The highest BCUT2D eigenvalue weighted by Gasteiger charge is 2.07. The van der Waals surface area contributed by atoms with Crippen LogP contribution >= 0.6 is 0 Å². The zero-order valence-corrected chi connectivity index (χ0v) is 10.8. The minimum Gasteiger partial charge on any atom is -0.486 e. The number of amidine groups is 1. The fourth-order valence-electron chi connectivity index (χ4n) is 1.16. The van der Waals surface area contributed by atoms with Gasteiger partial charge in [-0.3, -0.25) is 10.1 Å². The lowest BCUT2D eigenvalue weighted by Gasteiger charge is -2.09. The summed E-state index contributed by atoms with van der Waals surface area (Å²) in [5.41, 5.74) is 5.57. The number of nitrogens with one attached hydrogen (secondary N) is 3. The Balaban J connectivity index is 2.63. The Hall–Kier alpha value is -1.80. The highest BCUT2D eigenvalue weighted by atomic mass is 32.2. The van der Waals surface area contributed by atoms with E-state index in [9.17, 15) is 8.42 Å². The number of nitrogens with two attached hydrogens (primary N) is 1. The molecule has 1 aromatic rings. The average Bonchev–Trinajstić information content (AvgIpc) is 2.27. The Morgan fingerprint density at radius 1 is 1.39 bits per heavy atom. The summed E-state index contributed by atoms with van der Waals surface area (Å²) in [4.78, 5) is 0. The minimum absolute atomic E-state index is 0.00244. The summed E-state index contributed by atoms with van der Waals surface area (Å²) in [6.07, 6.45) is 0. The normalized spacial score (nSPS) is 10.9. The molecule has 1 aromatic carbocycles. The summed E-state index contributed by atoms with van der Waals surface area (Å²) in [5.74, 6) is 0.434. The molecule has 5 N–H and O–H groups in total. The fourth-order valence-corrected chi connectivity index (χ4v) is 2.06. The maximum atomic E-state index is 11.4. The number of benzene rings is 1. The minimum atomic E-state index is -3.52. The van der Waals surface area contributed by atoms with Gasteiger partial charge in [-0.1, -0.05) is 6.92 Å². The van der Waals surface area contributed by atoms with Gasteiger partial charge in [0.2, 0.25) is 0 Å². The molecule has 18 heavy (non-hydrogen) atoms. The first-order valence-corrected chi connectivity index (χ1v) is 6.74. The molecule has 0 bridgehead atoms. The first-order valence-electron chi connectivity index (χ1n) is 5.26. The quantitative estimate of drug-likeness (QED) is 0.421. The molecule has 0 saturated heterocycles. The van der Waals surface area contributed by atoms with Gasteiger partial charge in [0, 0.05) is 12.2 Å². The van der Waals surface area contributed by atoms with E-state index in [-0.39, 0.29) is 12.4 Å². The summed E-state index contributed by atoms with van der Waals surface area (Å²) >= 11 is 0. The first-order chi connectivity index (χ1) is 8.43. The third-order valence-electron chi connectivity index (χ3n) is 1.84. The molecule has 0 radical (unpaired) electrons. The topological polar surface area (TPSA) is 117 Å². The van der Waals surface area contributed by atoms with Gasteiger partial charge >= 0.3 is 0 Å². The summed E-state index contributed by atoms with van der Waals surface area (Å²) < 4.78 is 32.6. The second-order valence-electron chi connectivity index (χ2n) is 3.44. The van der Waals surface area contributed by atoms with E-state index in [0.29, 0.717) is 18.0 Å². The van der Waals surface area contributed by atoms with E-state index in [1.54, 1.807) is 31.2 Å². The second-order valence-corrected chi connectivity index (χ2v) is 4.94. The maximum absolute atomic E-state index is 11.4. The van der Waals surface area contributed by atoms with Crippen molar-refractivity contribution >= 4 is 21.7 Å². The van der Waals surface area contributed by atoms with Gasteiger partial charge in [-0.15, -0.1) is 0 Å². The average molecular weight is 272 g/mol. The molecule has 0 saturated carbocycles. The standard InChI is InChI=1S/C10H16N4O3S/c1-2-13-18(15,16)14-8-3-5-9(6-4-8)17-7-10(11)12/h3-6,13-14H,2,7H2,1H3,(H3,11,12). The molecule has 0 spiro atoms. The van der Waals surface area contributed by atoms with Gasteiger partial charge in [-0.25, -0.2) is 0 Å². The summed E-state index contributed by atoms with van der Waals surface area (Å²) in [7, 11) is -3.52. The molecule has 0 unspecified atom stereocenters. The smallest absolute Gasteiger partial charge is 0.299 e. The largest absolute Gasteiger partial charge is 0.486 e. The van der Waals surface area contributed by atoms with E-state index in [4.69, 9.17) is 15.9 Å². The van der Waals surface area contributed by atoms with Crippen LogP contribution in [0, 0.1) is 5.41 Å². The summed E-state index contributed by atoms with van der Waals surface area (Å²) in [5, 5.41) is 7.00. The van der Waals surface area contributed by atoms with Crippen LogP contribution in [-0.4, -0.2) is 27.4 Å². The molecule has 7 nitrogen and oxygen atoms in total. The van der Waals surface area contributed by atoms with Gasteiger partial charge in [0.1, 0.15) is 18.2 Å². The van der Waals surface area contributed by atoms with Crippen LogP contribution in [0.1, 0.15) is 6.92 Å². The van der Waals surface area contributed by atoms with Crippen molar-refractivity contribution in [3.8, 4) is 5.75 Å². The van der Waals surface area contributed by atoms with Gasteiger partial charge in [-0.2, -0.15) is 13.1 Å². The summed E-state index contributed by atoms with van der Waals surface area (Å²) in [6.45, 7) is 2.01. The fraction of sp³-hybridized carbons (Fsp3) is 0.300. The van der Waals surface area contributed by atoms with Gasteiger partial charge in [0.15, 0.2) is 0 Å². The molecular weight excluding hydrogens is 256 g/mol. The molecule has 100 valence electrons. The monoisotopic (exact) mass is 272 g/mol. The molecule has 0 fully saturated rings. The lowest BCUT2D eigenvalue weighted by atomic mass is 10.3. The molecule has 0 amide bonds. The number of rotatable bonds is 7. The van der Waals surface area contributed by atoms with E-state index >= 15 is 0 Å². The lowest BCUT2D eigenvalue weighted by Crippen LogP contribution is -2.29. The number of hydrogen-bond donors (Lipinski definition) is 4. The predicted octanol–water partition coefficient (Wildman–Crippen LogP) is 0.268. The van der Waals surface area contributed by atoms with Crippen molar-refractivity contribution in [3.63, 3.8) is 0 Å². The Kier molecular flexibility index (Phi) is 4.93. The van der Waals surface area contributed by atoms with E-state index in [1.165, 1.54) is 0 Å². The van der Waals surface area contributed by atoms with Crippen LogP contribution in [0.2, 0.25) is 0 Å². The van der Waals surface area contributed by atoms with Crippen LogP contribution in [-0.2, 0) is 10.2 Å². The zero-order chi connectivity index (χ0) is 13.6. The van der Waals surface area contributed by atoms with E-state index < -0.39 is 10.2 Å². The molecular formula is C10H16N4O3S. The molecule has 8 heteroatoms. The molecule has 0 aliphatic carbocycles. The zero-order valence-electron chi connectivity index (χ0n) is 9.93. The van der Waals surface area contributed by atoms with Crippen molar-refractivity contribution in [1.82, 2.24) is 4.72 Å². The predicted molar refractivity (Wildman–Crippen MR) is 70.1 cm³/mol. The summed E-state index contributed by atoms with van der Waals surface area (Å²) in [6, 6.07) is 6.30. The van der Waals surface area contributed by atoms with Crippen LogP contribution < -0.4 is 19.9 Å². The van der Waals surface area contributed by atoms with Crippen molar-refractivity contribution in [2.45, 2.75) is 6.92 Å². The van der Waals surface area contributed by atoms with E-state index in [2.05, 4.69) is 9.44 Å². The lowest BCUT2D eigenvalue weighted by molar-refractivity contribution is 0.374. The van der Waals surface area contributed by atoms with Crippen molar-refractivity contribution in [1.29, 1.82) is 5.41 Å². The van der Waals surface area contributed by atoms with Crippen LogP contribution in [0.15, 0.2) is 24.3 Å². The Bertz CT molecular complexity index is 498. The first kappa shape index (κ1) is 14.3. The van der Waals surface area contributed by atoms with Gasteiger partial charge in [0.25, 0.3) is 10.2 Å². The number of ether oxygens (including phenoxy) is 1. The van der Waals surface area contributed by atoms with Crippen molar-refractivity contribution < 1.29 is 13.2 Å². The van der Waals surface area contributed by atoms with Crippen LogP contribution in [0.25, 0.3) is 0 Å². The maximum Gasteiger partial charge on any atom is 0.299 e. The third kappa shape index (κ3) is 5.02. The van der Waals surface area contributed by atoms with Crippen molar-refractivity contribution in [2.24, 2.45) is 5.73 Å². The SMILES string of the molecule is CCNS(=O)(=O)Nc1ccc(OCC(=N)N)cc1. The van der Waals surface area contributed by atoms with Gasteiger partial charge < -0.3 is 10.5 Å². The Labute approximate surface area is 106 Å². The van der Waals surface area contributed by atoms with Crippen molar-refractivity contribution in [3.05, 3.63) is 24.3 Å². The molecule has 0 aliphatic rings. The molecule has 0 heterocycles. The van der Waals surface area contributed by atoms with Gasteiger partial charge in [0.05, 0.1) is 0 Å². The van der Waals surface area contributed by atoms with Gasteiger partial charge in [-0.05, 0) is 24.3 Å². The Morgan fingerprint density at radius 3 is 2.50 bits per heavy atom. The Morgan fingerprint density at radius 2 is 2.00 bits per heavy atom. The second kappa shape index (κ2) is 6.22. The van der Waals surface area contributed by atoms with Crippen LogP contribution in [0.3, 0.4) is 0 Å². The highest BCUT2D eigenvalue weighted by molar-refractivity contribution is 7.90. The molecule has 0 atom stereocenters. The van der Waals surface area contributed by atoms with Crippen molar-refractivity contribution in [2.75, 3.05) is 17.9 Å². The third-order valence-corrected chi connectivity index (χ3v) is 3.01. The molecule has 0 aliphatic heterocycles. The molecule has 0 aromatic heterocycles. The van der Waals surface area contributed by atoms with Crippen LogP contribution in [0.4, 0.5) is 5.69 Å². The van der Waals surface area contributed by atoms with Crippen LogP contribution in [0.5, 0.6) is 5.75 Å².